The third kappa shape index (κ3) is 3.58. The molecule has 1 N–H and O–H groups in total. The van der Waals surface area contributed by atoms with Crippen LogP contribution in [0.2, 0.25) is 0 Å². The minimum Gasteiger partial charge on any atom is -0.497 e. The topological polar surface area (TPSA) is 29.5 Å². The molecule has 2 aromatic carbocycles. The van der Waals surface area contributed by atoms with E-state index >= 15 is 0 Å². The van der Waals surface area contributed by atoms with Crippen molar-refractivity contribution in [3.8, 4) is 5.75 Å². The summed E-state index contributed by atoms with van der Waals surface area (Å²) in [5.41, 5.74) is 2.19. The Kier molecular flexibility index (Phi) is 4.58. The Morgan fingerprint density at radius 2 is 1.63 bits per heavy atom. The van der Waals surface area contributed by atoms with E-state index in [1.807, 2.05) is 54.6 Å². The quantitative estimate of drug-likeness (QED) is 0.885. The van der Waals surface area contributed by atoms with Crippen molar-refractivity contribution in [1.29, 1.82) is 0 Å². The fraction of sp³-hybridized carbons (Fsp3) is 0.294. The van der Waals surface area contributed by atoms with Crippen molar-refractivity contribution in [3.05, 3.63) is 65.7 Å². The van der Waals surface area contributed by atoms with Crippen molar-refractivity contribution in [2.45, 2.75) is 19.4 Å². The van der Waals surface area contributed by atoms with Crippen LogP contribution in [0, 0.1) is 5.92 Å². The fourth-order valence-electron chi connectivity index (χ4n) is 2.22. The van der Waals surface area contributed by atoms with E-state index in [-0.39, 0.29) is 5.92 Å². The van der Waals surface area contributed by atoms with Crippen molar-refractivity contribution in [1.82, 2.24) is 0 Å². The molecule has 2 heteroatoms. The molecule has 2 unspecified atom stereocenters. The second-order valence-corrected chi connectivity index (χ2v) is 4.89. The Bertz CT molecular complexity index is 490. The van der Waals surface area contributed by atoms with E-state index in [9.17, 15) is 5.11 Å². The first kappa shape index (κ1) is 13.6. The van der Waals surface area contributed by atoms with Gasteiger partial charge in [0.15, 0.2) is 0 Å². The van der Waals surface area contributed by atoms with Crippen molar-refractivity contribution in [2.24, 2.45) is 5.92 Å². The zero-order valence-corrected chi connectivity index (χ0v) is 11.4. The number of benzene rings is 2. The highest BCUT2D eigenvalue weighted by Gasteiger charge is 2.16. The highest BCUT2D eigenvalue weighted by Crippen LogP contribution is 2.25. The maximum Gasteiger partial charge on any atom is 0.118 e. The summed E-state index contributed by atoms with van der Waals surface area (Å²) in [6.45, 7) is 2.07. The number of rotatable bonds is 5. The summed E-state index contributed by atoms with van der Waals surface area (Å²) in [5.74, 6) is 1.04. The lowest BCUT2D eigenvalue weighted by Crippen LogP contribution is -2.11. The summed E-state index contributed by atoms with van der Waals surface area (Å²) in [6, 6.07) is 17.8. The molecule has 2 rings (SSSR count). The van der Waals surface area contributed by atoms with E-state index in [1.165, 1.54) is 5.56 Å². The zero-order chi connectivity index (χ0) is 13.7. The molecule has 0 heterocycles. The van der Waals surface area contributed by atoms with Gasteiger partial charge in [0.05, 0.1) is 13.2 Å². The summed E-state index contributed by atoms with van der Waals surface area (Å²) in [4.78, 5) is 0. The Morgan fingerprint density at radius 1 is 1.00 bits per heavy atom. The number of aliphatic hydroxyl groups excluding tert-OH is 1. The van der Waals surface area contributed by atoms with Gasteiger partial charge in [0.1, 0.15) is 5.75 Å². The Labute approximate surface area is 114 Å². The van der Waals surface area contributed by atoms with Crippen LogP contribution in [0.3, 0.4) is 0 Å². The van der Waals surface area contributed by atoms with Gasteiger partial charge in [-0.1, -0.05) is 49.4 Å². The summed E-state index contributed by atoms with van der Waals surface area (Å²) >= 11 is 0. The lowest BCUT2D eigenvalue weighted by molar-refractivity contribution is 0.117. The molecule has 0 saturated carbocycles. The average Bonchev–Trinajstić information content (AvgIpc) is 2.48. The van der Waals surface area contributed by atoms with Gasteiger partial charge < -0.3 is 9.84 Å². The molecule has 0 amide bonds. The van der Waals surface area contributed by atoms with E-state index in [1.54, 1.807) is 7.11 Å². The van der Waals surface area contributed by atoms with E-state index < -0.39 is 6.10 Å². The lowest BCUT2D eigenvalue weighted by Gasteiger charge is -2.19. The number of ether oxygens (including phenoxy) is 1. The molecular formula is C17H20O2. The van der Waals surface area contributed by atoms with Gasteiger partial charge in [0.25, 0.3) is 0 Å². The fourth-order valence-corrected chi connectivity index (χ4v) is 2.22. The van der Waals surface area contributed by atoms with Gasteiger partial charge in [-0.05, 0) is 35.6 Å². The van der Waals surface area contributed by atoms with Crippen molar-refractivity contribution in [3.63, 3.8) is 0 Å². The monoisotopic (exact) mass is 256 g/mol. The molecule has 0 saturated heterocycles. The average molecular weight is 256 g/mol. The molecule has 0 spiro atoms. The SMILES string of the molecule is COc1ccc(CC(C)C(O)c2ccccc2)cc1. The van der Waals surface area contributed by atoms with Crippen LogP contribution in [-0.4, -0.2) is 12.2 Å². The molecule has 0 aromatic heterocycles. The Balaban J connectivity index is 2.01. The predicted octanol–water partition coefficient (Wildman–Crippen LogP) is 3.61. The summed E-state index contributed by atoms with van der Waals surface area (Å²) in [5, 5.41) is 10.3. The van der Waals surface area contributed by atoms with Gasteiger partial charge in [-0.15, -0.1) is 0 Å². The molecule has 0 fully saturated rings. The number of methoxy groups -OCH3 is 1. The van der Waals surface area contributed by atoms with Gasteiger partial charge in [-0.25, -0.2) is 0 Å². The molecule has 2 atom stereocenters. The Hall–Kier alpha value is -1.80. The van der Waals surface area contributed by atoms with Gasteiger partial charge in [-0.3, -0.25) is 0 Å². The molecular weight excluding hydrogens is 236 g/mol. The van der Waals surface area contributed by atoms with Gasteiger partial charge in [-0.2, -0.15) is 0 Å². The molecule has 0 aliphatic rings. The van der Waals surface area contributed by atoms with Crippen LogP contribution in [0.1, 0.15) is 24.2 Å². The molecule has 0 aliphatic heterocycles. The maximum atomic E-state index is 10.3. The first-order valence-electron chi connectivity index (χ1n) is 6.56. The summed E-state index contributed by atoms with van der Waals surface area (Å²) < 4.78 is 5.14. The molecule has 0 bridgehead atoms. The summed E-state index contributed by atoms with van der Waals surface area (Å²) in [6.07, 6.45) is 0.420. The first-order valence-corrected chi connectivity index (χ1v) is 6.56. The van der Waals surface area contributed by atoms with Gasteiger partial charge >= 0.3 is 0 Å². The van der Waals surface area contributed by atoms with E-state index in [2.05, 4.69) is 6.92 Å². The first-order chi connectivity index (χ1) is 9.20. The van der Waals surface area contributed by atoms with Crippen molar-refractivity contribution in [2.75, 3.05) is 7.11 Å². The van der Waals surface area contributed by atoms with E-state index in [0.717, 1.165) is 17.7 Å². The van der Waals surface area contributed by atoms with E-state index in [4.69, 9.17) is 4.74 Å². The van der Waals surface area contributed by atoms with Crippen LogP contribution in [-0.2, 0) is 6.42 Å². The highest BCUT2D eigenvalue weighted by molar-refractivity contribution is 5.28. The zero-order valence-electron chi connectivity index (χ0n) is 11.4. The largest absolute Gasteiger partial charge is 0.497 e. The second kappa shape index (κ2) is 6.39. The van der Waals surface area contributed by atoms with Crippen molar-refractivity contribution >= 4 is 0 Å². The van der Waals surface area contributed by atoms with Crippen LogP contribution in [0.4, 0.5) is 0 Å². The highest BCUT2D eigenvalue weighted by atomic mass is 16.5. The van der Waals surface area contributed by atoms with Gasteiger partial charge in [0, 0.05) is 0 Å². The minimum absolute atomic E-state index is 0.177. The molecule has 19 heavy (non-hydrogen) atoms. The van der Waals surface area contributed by atoms with Crippen LogP contribution in [0.15, 0.2) is 54.6 Å². The van der Waals surface area contributed by atoms with Crippen LogP contribution in [0.5, 0.6) is 5.75 Å². The number of hydrogen-bond donors (Lipinski definition) is 1. The molecule has 0 radical (unpaired) electrons. The third-order valence-electron chi connectivity index (χ3n) is 3.40. The van der Waals surface area contributed by atoms with E-state index in [0.29, 0.717) is 0 Å². The predicted molar refractivity (Wildman–Crippen MR) is 77.3 cm³/mol. The van der Waals surface area contributed by atoms with Gasteiger partial charge in [0.2, 0.25) is 0 Å². The minimum atomic E-state index is -0.427. The molecule has 2 aromatic rings. The van der Waals surface area contributed by atoms with Crippen LogP contribution in [0.25, 0.3) is 0 Å². The van der Waals surface area contributed by atoms with Crippen LogP contribution < -0.4 is 4.74 Å². The normalized spacial score (nSPS) is 13.8. The molecule has 0 aliphatic carbocycles. The molecule has 100 valence electrons. The number of hydrogen-bond acceptors (Lipinski definition) is 2. The number of aliphatic hydroxyl groups is 1. The molecule has 2 nitrogen and oxygen atoms in total. The standard InChI is InChI=1S/C17H20O2/c1-13(17(18)15-6-4-3-5-7-15)12-14-8-10-16(19-2)11-9-14/h3-11,13,17-18H,12H2,1-2H3. The van der Waals surface area contributed by atoms with Crippen molar-refractivity contribution < 1.29 is 9.84 Å². The second-order valence-electron chi connectivity index (χ2n) is 4.89. The Morgan fingerprint density at radius 3 is 2.21 bits per heavy atom. The maximum absolute atomic E-state index is 10.3. The lowest BCUT2D eigenvalue weighted by atomic mass is 9.91. The van der Waals surface area contributed by atoms with Crippen LogP contribution >= 0.6 is 0 Å². The third-order valence-corrected chi connectivity index (χ3v) is 3.40. The summed E-state index contributed by atoms with van der Waals surface area (Å²) in [7, 11) is 1.66. The smallest absolute Gasteiger partial charge is 0.118 e.